The Morgan fingerprint density at radius 1 is 1.00 bits per heavy atom. The number of amides is 2. The summed E-state index contributed by atoms with van der Waals surface area (Å²) in [5.74, 6) is 0.126. The van der Waals surface area contributed by atoms with Crippen LogP contribution in [-0.4, -0.2) is 60.4 Å². The predicted octanol–water partition coefficient (Wildman–Crippen LogP) is -0.476. The molecule has 1 aliphatic heterocycles. The van der Waals surface area contributed by atoms with E-state index in [1.165, 1.54) is 0 Å². The van der Waals surface area contributed by atoms with Crippen LogP contribution in [-0.2, 0) is 9.59 Å². The average Bonchev–Trinajstić information content (AvgIpc) is 2.64. The smallest absolute Gasteiger partial charge is 0.231 e. The summed E-state index contributed by atoms with van der Waals surface area (Å²) in [4.78, 5) is 27.5. The zero-order chi connectivity index (χ0) is 14.5. The van der Waals surface area contributed by atoms with Crippen LogP contribution in [0, 0.1) is 5.92 Å². The van der Waals surface area contributed by atoms with E-state index in [1.807, 2.05) is 9.80 Å². The van der Waals surface area contributed by atoms with Crippen molar-refractivity contribution in [3.63, 3.8) is 0 Å². The van der Waals surface area contributed by atoms with Crippen LogP contribution >= 0.6 is 0 Å². The van der Waals surface area contributed by atoms with E-state index < -0.39 is 0 Å². The van der Waals surface area contributed by atoms with Crippen LogP contribution in [0.2, 0.25) is 0 Å². The van der Waals surface area contributed by atoms with Crippen molar-refractivity contribution >= 4 is 11.8 Å². The van der Waals surface area contributed by atoms with Crippen molar-refractivity contribution in [1.82, 2.24) is 9.80 Å². The highest BCUT2D eigenvalue weighted by atomic mass is 16.2. The van der Waals surface area contributed by atoms with Gasteiger partial charge >= 0.3 is 0 Å². The molecule has 1 saturated carbocycles. The molecule has 0 bridgehead atoms. The van der Waals surface area contributed by atoms with E-state index in [4.69, 9.17) is 11.5 Å². The minimum atomic E-state index is -0.300. The maximum atomic E-state index is 12.5. The fraction of sp³-hybridized carbons (Fsp3) is 0.857. The van der Waals surface area contributed by atoms with Crippen molar-refractivity contribution in [2.45, 2.75) is 38.1 Å². The van der Waals surface area contributed by atoms with Gasteiger partial charge in [-0.05, 0) is 32.1 Å². The molecule has 0 radical (unpaired) electrons. The first-order chi connectivity index (χ1) is 9.56. The van der Waals surface area contributed by atoms with Gasteiger partial charge in [0.05, 0.1) is 6.54 Å². The highest BCUT2D eigenvalue weighted by Crippen LogP contribution is 2.25. The van der Waals surface area contributed by atoms with Gasteiger partial charge in [0.25, 0.3) is 0 Å². The van der Waals surface area contributed by atoms with E-state index >= 15 is 0 Å². The molecule has 114 valence electrons. The quantitative estimate of drug-likeness (QED) is 0.731. The summed E-state index contributed by atoms with van der Waals surface area (Å²) in [6.45, 7) is 3.36. The molecule has 2 rings (SSSR count). The van der Waals surface area contributed by atoms with Gasteiger partial charge in [-0.3, -0.25) is 14.5 Å². The second kappa shape index (κ2) is 7.04. The summed E-state index contributed by atoms with van der Waals surface area (Å²) in [5.41, 5.74) is 11.1. The summed E-state index contributed by atoms with van der Waals surface area (Å²) < 4.78 is 0. The summed E-state index contributed by atoms with van der Waals surface area (Å²) in [6, 6.07) is 0.272. The second-order valence-corrected chi connectivity index (χ2v) is 6.03. The molecule has 2 fully saturated rings. The van der Waals surface area contributed by atoms with Gasteiger partial charge in [-0.25, -0.2) is 0 Å². The number of carbonyl (C=O) groups excluding carboxylic acids is 2. The number of primary amides is 1. The van der Waals surface area contributed by atoms with Crippen molar-refractivity contribution in [2.24, 2.45) is 17.4 Å². The Morgan fingerprint density at radius 3 is 2.35 bits per heavy atom. The van der Waals surface area contributed by atoms with Crippen LogP contribution in [0.1, 0.15) is 32.1 Å². The third-order valence-electron chi connectivity index (χ3n) is 4.40. The molecule has 6 heteroatoms. The van der Waals surface area contributed by atoms with Crippen molar-refractivity contribution in [3.05, 3.63) is 0 Å². The number of rotatable bonds is 3. The van der Waals surface area contributed by atoms with Gasteiger partial charge in [-0.1, -0.05) is 0 Å². The lowest BCUT2D eigenvalue weighted by Crippen LogP contribution is -2.42. The SMILES string of the molecule is NC(=O)CN1CCCN(C(=O)C2CCC(N)CC2)CC1. The first-order valence-corrected chi connectivity index (χ1v) is 7.61. The Kier molecular flexibility index (Phi) is 5.37. The first-order valence-electron chi connectivity index (χ1n) is 7.61. The van der Waals surface area contributed by atoms with Crippen LogP contribution in [0.4, 0.5) is 0 Å². The highest BCUT2D eigenvalue weighted by Gasteiger charge is 2.29. The summed E-state index contributed by atoms with van der Waals surface area (Å²) in [5, 5.41) is 0. The van der Waals surface area contributed by atoms with Gasteiger partial charge in [0.1, 0.15) is 0 Å². The molecule has 20 heavy (non-hydrogen) atoms. The van der Waals surface area contributed by atoms with Crippen LogP contribution < -0.4 is 11.5 Å². The Hall–Kier alpha value is -1.14. The molecule has 0 aromatic rings. The van der Waals surface area contributed by atoms with Crippen LogP contribution in [0.25, 0.3) is 0 Å². The van der Waals surface area contributed by atoms with Crippen LogP contribution in [0.3, 0.4) is 0 Å². The van der Waals surface area contributed by atoms with Gasteiger partial charge in [0.2, 0.25) is 11.8 Å². The van der Waals surface area contributed by atoms with E-state index in [2.05, 4.69) is 0 Å². The third-order valence-corrected chi connectivity index (χ3v) is 4.40. The molecule has 2 aliphatic rings. The van der Waals surface area contributed by atoms with Crippen molar-refractivity contribution in [3.8, 4) is 0 Å². The Bertz CT molecular complexity index is 353. The van der Waals surface area contributed by atoms with Crippen molar-refractivity contribution in [2.75, 3.05) is 32.7 Å². The molecule has 1 heterocycles. The Morgan fingerprint density at radius 2 is 1.70 bits per heavy atom. The van der Waals surface area contributed by atoms with Crippen molar-refractivity contribution < 1.29 is 9.59 Å². The lowest BCUT2D eigenvalue weighted by atomic mass is 9.85. The lowest BCUT2D eigenvalue weighted by molar-refractivity contribution is -0.136. The minimum absolute atomic E-state index is 0.150. The molecule has 0 aromatic heterocycles. The maximum absolute atomic E-state index is 12.5. The van der Waals surface area contributed by atoms with E-state index in [0.29, 0.717) is 13.1 Å². The lowest BCUT2D eigenvalue weighted by Gasteiger charge is -2.30. The topological polar surface area (TPSA) is 92.7 Å². The number of nitrogens with zero attached hydrogens (tertiary/aromatic N) is 2. The standard InChI is InChI=1S/C14H26N4O2/c15-12-4-2-11(3-5-12)14(20)18-7-1-6-17(8-9-18)10-13(16)19/h11-12H,1-10,15H2,(H2,16,19). The van der Waals surface area contributed by atoms with E-state index in [0.717, 1.165) is 51.7 Å². The average molecular weight is 282 g/mol. The zero-order valence-corrected chi connectivity index (χ0v) is 12.1. The number of hydrogen-bond acceptors (Lipinski definition) is 4. The highest BCUT2D eigenvalue weighted by molar-refractivity contribution is 5.79. The monoisotopic (exact) mass is 282 g/mol. The molecule has 0 spiro atoms. The van der Waals surface area contributed by atoms with Gasteiger partial charge < -0.3 is 16.4 Å². The van der Waals surface area contributed by atoms with Gasteiger partial charge in [0.15, 0.2) is 0 Å². The van der Waals surface area contributed by atoms with Crippen molar-refractivity contribution in [1.29, 1.82) is 0 Å². The van der Waals surface area contributed by atoms with E-state index in [9.17, 15) is 9.59 Å². The molecular weight excluding hydrogens is 256 g/mol. The minimum Gasteiger partial charge on any atom is -0.369 e. The maximum Gasteiger partial charge on any atom is 0.231 e. The fourth-order valence-corrected chi connectivity index (χ4v) is 3.19. The number of nitrogens with two attached hydrogens (primary N) is 2. The molecule has 4 N–H and O–H groups in total. The van der Waals surface area contributed by atoms with Gasteiger partial charge in [-0.15, -0.1) is 0 Å². The number of hydrogen-bond donors (Lipinski definition) is 2. The zero-order valence-electron chi connectivity index (χ0n) is 12.1. The number of carbonyl (C=O) groups is 2. The van der Waals surface area contributed by atoms with E-state index in [1.54, 1.807) is 0 Å². The fourth-order valence-electron chi connectivity index (χ4n) is 3.19. The van der Waals surface area contributed by atoms with Crippen LogP contribution in [0.5, 0.6) is 0 Å². The summed E-state index contributed by atoms with van der Waals surface area (Å²) in [6.07, 6.45) is 4.66. The van der Waals surface area contributed by atoms with E-state index in [-0.39, 0.29) is 23.8 Å². The normalized spacial score (nSPS) is 28.9. The third kappa shape index (κ3) is 4.18. The molecule has 0 atom stereocenters. The Labute approximate surface area is 120 Å². The molecule has 2 amide bonds. The van der Waals surface area contributed by atoms with Gasteiger partial charge in [0, 0.05) is 38.1 Å². The molecule has 1 aliphatic carbocycles. The Balaban J connectivity index is 1.83. The molecule has 0 aromatic carbocycles. The molecule has 0 unspecified atom stereocenters. The molecule has 6 nitrogen and oxygen atoms in total. The first kappa shape index (κ1) is 15.3. The second-order valence-electron chi connectivity index (χ2n) is 6.03. The van der Waals surface area contributed by atoms with Gasteiger partial charge in [-0.2, -0.15) is 0 Å². The molecule has 1 saturated heterocycles. The summed E-state index contributed by atoms with van der Waals surface area (Å²) >= 11 is 0. The molecular formula is C14H26N4O2. The largest absolute Gasteiger partial charge is 0.369 e. The predicted molar refractivity (Wildman–Crippen MR) is 76.8 cm³/mol. The van der Waals surface area contributed by atoms with Crippen LogP contribution in [0.15, 0.2) is 0 Å². The summed E-state index contributed by atoms with van der Waals surface area (Å²) in [7, 11) is 0.